The fraction of sp³-hybridized carbons (Fsp3) is 0.667. The number of carbonyl (C=O) groups is 1. The highest BCUT2D eigenvalue weighted by Gasteiger charge is 2.25. The van der Waals surface area contributed by atoms with Gasteiger partial charge in [0, 0.05) is 19.1 Å². The molecule has 2 heterocycles. The summed E-state index contributed by atoms with van der Waals surface area (Å²) in [7, 11) is 4.17. The molecule has 1 atom stereocenters. The van der Waals surface area contributed by atoms with E-state index in [0.29, 0.717) is 16.6 Å². The number of nitrogens with zero attached hydrogens (tertiary/aromatic N) is 3. The summed E-state index contributed by atoms with van der Waals surface area (Å²) in [6.45, 7) is 3.66. The molecule has 1 aromatic heterocycles. The smallest absolute Gasteiger partial charge is 0.347 e. The normalized spacial score (nSPS) is 20.4. The molecule has 1 fully saturated rings. The Bertz CT molecular complexity index is 445. The zero-order valence-corrected chi connectivity index (χ0v) is 11.8. The van der Waals surface area contributed by atoms with Crippen molar-refractivity contribution in [2.75, 3.05) is 32.1 Å². The topological polar surface area (TPSA) is 56.7 Å². The largest absolute Gasteiger partial charge is 0.477 e. The van der Waals surface area contributed by atoms with E-state index in [-0.39, 0.29) is 0 Å². The van der Waals surface area contributed by atoms with Gasteiger partial charge in [0.15, 0.2) is 5.13 Å². The van der Waals surface area contributed by atoms with Gasteiger partial charge < -0.3 is 14.9 Å². The summed E-state index contributed by atoms with van der Waals surface area (Å²) in [5, 5.41) is 9.91. The van der Waals surface area contributed by atoms with E-state index in [9.17, 15) is 4.79 Å². The number of likely N-dealkylation sites (N-methyl/N-ethyl adjacent to an activating group) is 1. The lowest BCUT2D eigenvalue weighted by atomic mass is 10.1. The molecule has 0 amide bonds. The van der Waals surface area contributed by atoms with Gasteiger partial charge in [-0.3, -0.25) is 0 Å². The minimum absolute atomic E-state index is 0.358. The number of piperidine rings is 1. The second-order valence-electron chi connectivity index (χ2n) is 4.92. The van der Waals surface area contributed by atoms with Gasteiger partial charge in [0.05, 0.1) is 5.69 Å². The van der Waals surface area contributed by atoms with Crippen LogP contribution in [0.4, 0.5) is 5.13 Å². The quantitative estimate of drug-likeness (QED) is 0.904. The Hall–Kier alpha value is -1.14. The number of aryl methyl sites for hydroxylation is 1. The lowest BCUT2D eigenvalue weighted by Crippen LogP contribution is -2.45. The van der Waals surface area contributed by atoms with Gasteiger partial charge in [-0.25, -0.2) is 9.78 Å². The number of anilines is 1. The summed E-state index contributed by atoms with van der Waals surface area (Å²) in [6.07, 6.45) is 2.32. The van der Waals surface area contributed by atoms with Crippen molar-refractivity contribution >= 4 is 22.4 Å². The third-order valence-corrected chi connectivity index (χ3v) is 4.58. The molecule has 0 bridgehead atoms. The summed E-state index contributed by atoms with van der Waals surface area (Å²) in [5.41, 5.74) is 0.620. The molecule has 0 saturated carbocycles. The molecule has 1 N–H and O–H groups in total. The predicted octanol–water partition coefficient (Wildman–Crippen LogP) is 1.68. The monoisotopic (exact) mass is 269 g/mol. The molecule has 1 aliphatic rings. The Balaban J connectivity index is 2.16. The van der Waals surface area contributed by atoms with Gasteiger partial charge in [0.2, 0.25) is 0 Å². The van der Waals surface area contributed by atoms with Gasteiger partial charge in [-0.05, 0) is 33.9 Å². The van der Waals surface area contributed by atoms with Crippen molar-refractivity contribution in [2.24, 2.45) is 0 Å². The molecular weight excluding hydrogens is 250 g/mol. The first kappa shape index (κ1) is 13.3. The lowest BCUT2D eigenvalue weighted by molar-refractivity contribution is 0.0701. The number of rotatable bonds is 3. The maximum atomic E-state index is 11.0. The summed E-state index contributed by atoms with van der Waals surface area (Å²) < 4.78 is 0. The van der Waals surface area contributed by atoms with Crippen molar-refractivity contribution in [2.45, 2.75) is 25.8 Å². The molecular formula is C12H19N3O2S. The highest BCUT2D eigenvalue weighted by Crippen LogP contribution is 2.28. The number of hydrogen-bond donors (Lipinski definition) is 1. The fourth-order valence-corrected chi connectivity index (χ4v) is 3.21. The first-order valence-corrected chi connectivity index (χ1v) is 6.92. The van der Waals surface area contributed by atoms with E-state index in [1.54, 1.807) is 6.92 Å². The van der Waals surface area contributed by atoms with Crippen LogP contribution in [0.1, 0.15) is 28.2 Å². The maximum absolute atomic E-state index is 11.0. The van der Waals surface area contributed by atoms with Crippen molar-refractivity contribution in [1.29, 1.82) is 0 Å². The van der Waals surface area contributed by atoms with Gasteiger partial charge in [-0.1, -0.05) is 11.3 Å². The highest BCUT2D eigenvalue weighted by atomic mass is 32.1. The first-order valence-electron chi connectivity index (χ1n) is 6.11. The van der Waals surface area contributed by atoms with Crippen LogP contribution in [0.2, 0.25) is 0 Å². The van der Waals surface area contributed by atoms with Crippen molar-refractivity contribution in [3.05, 3.63) is 10.6 Å². The predicted molar refractivity (Wildman–Crippen MR) is 72.7 cm³/mol. The second kappa shape index (κ2) is 5.24. The SMILES string of the molecule is Cc1nc(N2CCCC(N(C)C)C2)sc1C(=O)O. The first-order chi connectivity index (χ1) is 8.49. The minimum atomic E-state index is -0.877. The Kier molecular flexibility index (Phi) is 3.87. The second-order valence-corrected chi connectivity index (χ2v) is 5.90. The molecule has 1 aromatic rings. The van der Waals surface area contributed by atoms with Crippen molar-refractivity contribution < 1.29 is 9.90 Å². The van der Waals surface area contributed by atoms with Crippen LogP contribution < -0.4 is 4.90 Å². The third-order valence-electron chi connectivity index (χ3n) is 3.38. The molecule has 18 heavy (non-hydrogen) atoms. The molecule has 1 saturated heterocycles. The zero-order chi connectivity index (χ0) is 13.3. The van der Waals surface area contributed by atoms with E-state index in [0.717, 1.165) is 24.6 Å². The Morgan fingerprint density at radius 3 is 2.83 bits per heavy atom. The zero-order valence-electron chi connectivity index (χ0n) is 11.0. The number of hydrogen-bond acceptors (Lipinski definition) is 5. The van der Waals surface area contributed by atoms with Gasteiger partial charge in [0.1, 0.15) is 4.88 Å². The van der Waals surface area contributed by atoms with Crippen molar-refractivity contribution in [3.63, 3.8) is 0 Å². The van der Waals surface area contributed by atoms with Crippen LogP contribution >= 0.6 is 11.3 Å². The van der Waals surface area contributed by atoms with Gasteiger partial charge >= 0.3 is 5.97 Å². The van der Waals surface area contributed by atoms with Crippen molar-refractivity contribution in [1.82, 2.24) is 9.88 Å². The number of carboxylic acid groups (broad SMARTS) is 1. The van der Waals surface area contributed by atoms with Gasteiger partial charge in [-0.2, -0.15) is 0 Å². The average Bonchev–Trinajstić information content (AvgIpc) is 2.71. The van der Waals surface area contributed by atoms with Crippen LogP contribution in [0.15, 0.2) is 0 Å². The van der Waals surface area contributed by atoms with E-state index in [1.165, 1.54) is 17.8 Å². The van der Waals surface area contributed by atoms with Gasteiger partial charge in [0.25, 0.3) is 0 Å². The van der Waals surface area contributed by atoms with Crippen LogP contribution in [0, 0.1) is 6.92 Å². The van der Waals surface area contributed by atoms with Gasteiger partial charge in [-0.15, -0.1) is 0 Å². The van der Waals surface area contributed by atoms with Crippen LogP contribution in [0.25, 0.3) is 0 Å². The average molecular weight is 269 g/mol. The van der Waals surface area contributed by atoms with E-state index >= 15 is 0 Å². The molecule has 5 nitrogen and oxygen atoms in total. The van der Waals surface area contributed by atoms with Crippen LogP contribution in [0.5, 0.6) is 0 Å². The van der Waals surface area contributed by atoms with E-state index in [2.05, 4.69) is 28.9 Å². The molecule has 0 aliphatic carbocycles. The Labute approximate surface area is 111 Å². The summed E-state index contributed by atoms with van der Waals surface area (Å²) in [6, 6.07) is 0.524. The molecule has 0 radical (unpaired) electrons. The molecule has 6 heteroatoms. The van der Waals surface area contributed by atoms with E-state index < -0.39 is 5.97 Å². The molecule has 1 unspecified atom stereocenters. The number of thiazole rings is 1. The molecule has 0 spiro atoms. The Morgan fingerprint density at radius 2 is 2.28 bits per heavy atom. The molecule has 100 valence electrons. The molecule has 1 aliphatic heterocycles. The number of carboxylic acids is 1. The Morgan fingerprint density at radius 1 is 1.56 bits per heavy atom. The maximum Gasteiger partial charge on any atom is 0.347 e. The van der Waals surface area contributed by atoms with Crippen LogP contribution in [-0.4, -0.2) is 54.2 Å². The van der Waals surface area contributed by atoms with E-state index in [4.69, 9.17) is 5.11 Å². The summed E-state index contributed by atoms with van der Waals surface area (Å²) in [5.74, 6) is -0.877. The number of aromatic carboxylic acids is 1. The third kappa shape index (κ3) is 2.64. The minimum Gasteiger partial charge on any atom is -0.477 e. The number of aromatic nitrogens is 1. The summed E-state index contributed by atoms with van der Waals surface area (Å²) >= 11 is 1.28. The highest BCUT2D eigenvalue weighted by molar-refractivity contribution is 7.17. The summed E-state index contributed by atoms with van der Waals surface area (Å²) in [4.78, 5) is 20.2. The lowest BCUT2D eigenvalue weighted by Gasteiger charge is -2.35. The molecule has 0 aromatic carbocycles. The standard InChI is InChI=1S/C12H19N3O2S/c1-8-10(11(16)17)18-12(13-8)15-6-4-5-9(7-15)14(2)3/h9H,4-7H2,1-3H3,(H,16,17). The molecule has 2 rings (SSSR count). The van der Waals surface area contributed by atoms with E-state index in [1.807, 2.05) is 0 Å². The van der Waals surface area contributed by atoms with Crippen LogP contribution in [0.3, 0.4) is 0 Å². The van der Waals surface area contributed by atoms with Crippen LogP contribution in [-0.2, 0) is 0 Å². The fourth-order valence-electron chi connectivity index (χ4n) is 2.27. The van der Waals surface area contributed by atoms with Crippen molar-refractivity contribution in [3.8, 4) is 0 Å².